The first-order valence-corrected chi connectivity index (χ1v) is 15.8. The maximum atomic E-state index is 13.9. The van der Waals surface area contributed by atoms with Gasteiger partial charge in [-0.25, -0.2) is 9.78 Å². The quantitative estimate of drug-likeness (QED) is 0.341. The Hall–Kier alpha value is -4.64. The fraction of sp³-hybridized carbons (Fsp3) is 0.485. The van der Waals surface area contributed by atoms with E-state index in [4.69, 9.17) is 19.4 Å². The summed E-state index contributed by atoms with van der Waals surface area (Å²) in [6.07, 6.45) is -1.16. The van der Waals surface area contributed by atoms with E-state index in [1.807, 2.05) is 42.3 Å². The molecule has 11 nitrogen and oxygen atoms in total. The first-order valence-electron chi connectivity index (χ1n) is 15.8. The van der Waals surface area contributed by atoms with Gasteiger partial charge in [0.2, 0.25) is 0 Å². The molecule has 14 heteroatoms. The van der Waals surface area contributed by atoms with Gasteiger partial charge in [0.1, 0.15) is 24.8 Å². The van der Waals surface area contributed by atoms with Crippen molar-refractivity contribution in [3.8, 4) is 12.1 Å². The molecule has 47 heavy (non-hydrogen) atoms. The second-order valence-electron chi connectivity index (χ2n) is 12.1. The van der Waals surface area contributed by atoms with Gasteiger partial charge < -0.3 is 29.1 Å². The van der Waals surface area contributed by atoms with E-state index in [2.05, 4.69) is 16.0 Å². The smallest absolute Gasteiger partial charge is 0.419 e. The number of rotatable bonds is 8. The number of hydrogen-bond acceptors (Lipinski definition) is 10. The molecular weight excluding hydrogens is 613 g/mol. The lowest BCUT2D eigenvalue weighted by molar-refractivity contribution is -0.137. The van der Waals surface area contributed by atoms with Crippen LogP contribution in [-0.2, 0) is 30.5 Å². The third-order valence-corrected chi connectivity index (χ3v) is 9.04. The van der Waals surface area contributed by atoms with E-state index in [1.165, 1.54) is 12.3 Å². The average Bonchev–Trinajstić information content (AvgIpc) is 3.50. The number of likely N-dealkylation sites (tertiary alicyclic amines) is 1. The molecule has 2 unspecified atom stereocenters. The van der Waals surface area contributed by atoms with Crippen molar-refractivity contribution < 1.29 is 27.4 Å². The van der Waals surface area contributed by atoms with Gasteiger partial charge in [-0.1, -0.05) is 30.3 Å². The first-order chi connectivity index (χ1) is 22.7. The number of halogens is 3. The van der Waals surface area contributed by atoms with Crippen molar-refractivity contribution in [3.05, 3.63) is 71.0 Å². The highest BCUT2D eigenvalue weighted by Crippen LogP contribution is 2.38. The van der Waals surface area contributed by atoms with Crippen molar-refractivity contribution in [2.45, 2.75) is 57.1 Å². The predicted octanol–water partition coefficient (Wildman–Crippen LogP) is 4.67. The number of carbonyl (C=O) groups is 1. The van der Waals surface area contributed by atoms with Crippen LogP contribution in [-0.4, -0.2) is 89.3 Å². The van der Waals surface area contributed by atoms with Crippen LogP contribution in [0, 0.1) is 11.3 Å². The molecule has 2 fully saturated rings. The van der Waals surface area contributed by atoms with Crippen LogP contribution in [0.4, 0.5) is 29.6 Å². The first kappa shape index (κ1) is 32.3. The summed E-state index contributed by atoms with van der Waals surface area (Å²) >= 11 is 0. The van der Waals surface area contributed by atoms with Crippen LogP contribution in [0.5, 0.6) is 6.01 Å². The Morgan fingerprint density at radius 1 is 1.02 bits per heavy atom. The molecule has 6 rings (SSSR count). The molecule has 3 aliphatic heterocycles. The molecule has 0 bridgehead atoms. The van der Waals surface area contributed by atoms with E-state index in [-0.39, 0.29) is 44.0 Å². The number of carbonyl (C=O) groups excluding carboxylic acids is 1. The Kier molecular flexibility index (Phi) is 9.63. The number of nitriles is 1. The van der Waals surface area contributed by atoms with Crippen LogP contribution in [0.2, 0.25) is 0 Å². The molecule has 0 radical (unpaired) electrons. The predicted molar refractivity (Wildman–Crippen MR) is 167 cm³/mol. The van der Waals surface area contributed by atoms with Gasteiger partial charge in [0.25, 0.3) is 0 Å². The van der Waals surface area contributed by atoms with Crippen LogP contribution in [0.25, 0.3) is 0 Å². The Bertz CT molecular complexity index is 1600. The van der Waals surface area contributed by atoms with Crippen molar-refractivity contribution in [2.75, 3.05) is 56.2 Å². The summed E-state index contributed by atoms with van der Waals surface area (Å²) in [7, 11) is 2.04. The minimum atomic E-state index is -4.56. The molecule has 3 aliphatic rings. The van der Waals surface area contributed by atoms with Crippen LogP contribution < -0.4 is 14.5 Å². The lowest BCUT2D eigenvalue weighted by atomic mass is 10.0. The molecule has 0 saturated carbocycles. The van der Waals surface area contributed by atoms with Gasteiger partial charge in [0.15, 0.2) is 0 Å². The molecule has 2 aromatic heterocycles. The second-order valence-corrected chi connectivity index (χ2v) is 12.1. The van der Waals surface area contributed by atoms with E-state index in [0.29, 0.717) is 44.2 Å². The Morgan fingerprint density at radius 3 is 2.60 bits per heavy atom. The number of ether oxygens (including phenoxy) is 2. The Morgan fingerprint density at radius 2 is 1.85 bits per heavy atom. The summed E-state index contributed by atoms with van der Waals surface area (Å²) in [5, 5.41) is 9.64. The number of nitrogens with zero attached hydrogens (tertiary/aromatic N) is 8. The van der Waals surface area contributed by atoms with E-state index in [0.717, 1.165) is 36.6 Å². The number of hydrogen-bond donors (Lipinski definition) is 0. The van der Waals surface area contributed by atoms with Crippen molar-refractivity contribution in [3.63, 3.8) is 0 Å². The number of benzene rings is 1. The van der Waals surface area contributed by atoms with Gasteiger partial charge in [-0.05, 0) is 50.6 Å². The molecular formula is C33H37F3N8O3. The standard InChI is InChI=1S/C33H37F3N8O3/c1-41-15-6-9-25(41)22-46-31-39-28-20-42(30-27(33(34,35)36)10-5-14-38-30)16-12-26(28)29(40-31)43-17-18-44(24(19-43)11-13-37)32(45)47-21-23-7-3-2-4-8-23/h2-5,7-8,10,14,24-25H,6,9,11-12,15-22H2,1H3. The highest BCUT2D eigenvalue weighted by atomic mass is 19.4. The molecule has 248 valence electrons. The maximum absolute atomic E-state index is 13.9. The number of aromatic nitrogens is 3. The van der Waals surface area contributed by atoms with Crippen LogP contribution >= 0.6 is 0 Å². The van der Waals surface area contributed by atoms with Crippen LogP contribution in [0.1, 0.15) is 41.6 Å². The summed E-state index contributed by atoms with van der Waals surface area (Å²) in [6.45, 7) is 2.90. The highest BCUT2D eigenvalue weighted by molar-refractivity contribution is 5.69. The van der Waals surface area contributed by atoms with Crippen LogP contribution in [0.3, 0.4) is 0 Å². The number of pyridine rings is 1. The molecule has 1 amide bonds. The molecule has 2 saturated heterocycles. The average molecular weight is 651 g/mol. The van der Waals surface area contributed by atoms with E-state index >= 15 is 0 Å². The topological polar surface area (TPSA) is 111 Å². The fourth-order valence-corrected chi connectivity index (χ4v) is 6.50. The van der Waals surface area contributed by atoms with Gasteiger partial charge in [0, 0.05) is 44.0 Å². The summed E-state index contributed by atoms with van der Waals surface area (Å²) in [5.74, 6) is 0.472. The van der Waals surface area contributed by atoms with E-state index in [9.17, 15) is 23.2 Å². The lowest BCUT2D eigenvalue weighted by Gasteiger charge is -2.41. The monoisotopic (exact) mass is 650 g/mol. The molecule has 3 aromatic rings. The molecule has 0 aliphatic carbocycles. The SMILES string of the molecule is CN1CCCC1COc1nc2c(c(N3CCN(C(=O)OCc4ccccc4)C(CC#N)C3)n1)CCN(c1ncccc1C(F)(F)F)C2. The van der Waals surface area contributed by atoms with Crippen molar-refractivity contribution >= 4 is 17.7 Å². The summed E-state index contributed by atoms with van der Waals surface area (Å²) in [6, 6.07) is 13.8. The zero-order valence-corrected chi connectivity index (χ0v) is 26.2. The molecule has 0 N–H and O–H groups in total. The summed E-state index contributed by atoms with van der Waals surface area (Å²) in [4.78, 5) is 34.2. The zero-order valence-electron chi connectivity index (χ0n) is 26.2. The summed E-state index contributed by atoms with van der Waals surface area (Å²) in [5.41, 5.74) is 1.44. The number of alkyl halides is 3. The van der Waals surface area contributed by atoms with Gasteiger partial charge in [-0.3, -0.25) is 0 Å². The van der Waals surface area contributed by atoms with E-state index in [1.54, 1.807) is 9.80 Å². The van der Waals surface area contributed by atoms with Gasteiger partial charge in [0.05, 0.1) is 36.3 Å². The molecule has 2 atom stereocenters. The third kappa shape index (κ3) is 7.35. The largest absolute Gasteiger partial charge is 0.462 e. The lowest BCUT2D eigenvalue weighted by Crippen LogP contribution is -2.55. The number of anilines is 2. The maximum Gasteiger partial charge on any atom is 0.419 e. The molecule has 5 heterocycles. The second kappa shape index (κ2) is 14.0. The van der Waals surface area contributed by atoms with E-state index < -0.39 is 23.9 Å². The number of piperazine rings is 1. The third-order valence-electron chi connectivity index (χ3n) is 9.04. The van der Waals surface area contributed by atoms with Crippen LogP contribution in [0.15, 0.2) is 48.7 Å². The normalized spacial score (nSPS) is 20.1. The Balaban J connectivity index is 1.26. The summed E-state index contributed by atoms with van der Waals surface area (Å²) < 4.78 is 53.4. The van der Waals surface area contributed by atoms with Gasteiger partial charge in [-0.2, -0.15) is 28.4 Å². The number of fused-ring (bicyclic) bond motifs is 1. The van der Waals surface area contributed by atoms with Gasteiger partial charge in [-0.15, -0.1) is 0 Å². The van der Waals surface area contributed by atoms with Gasteiger partial charge >= 0.3 is 18.3 Å². The number of likely N-dealkylation sites (N-methyl/N-ethyl adjacent to an activating group) is 1. The minimum Gasteiger partial charge on any atom is -0.462 e. The number of amides is 1. The molecule has 1 aromatic carbocycles. The molecule has 0 spiro atoms. The van der Waals surface area contributed by atoms with Crippen molar-refractivity contribution in [2.24, 2.45) is 0 Å². The Labute approximate surface area is 271 Å². The van der Waals surface area contributed by atoms with Crippen molar-refractivity contribution in [1.29, 1.82) is 5.26 Å². The zero-order chi connectivity index (χ0) is 33.0. The van der Waals surface area contributed by atoms with Crippen molar-refractivity contribution in [1.82, 2.24) is 24.8 Å². The highest BCUT2D eigenvalue weighted by Gasteiger charge is 2.38. The minimum absolute atomic E-state index is 0.0925. The fourth-order valence-electron chi connectivity index (χ4n) is 6.50.